The molecule has 0 atom stereocenters. The largest absolute Gasteiger partial charge is 0.371 e. The van der Waals surface area contributed by atoms with E-state index in [1.54, 1.807) is 18.2 Å². The molecule has 0 saturated carbocycles. The SMILES string of the molecule is CCNCCNC(=O)CNc1ccccc1[N+](=O)[O-]. The van der Waals surface area contributed by atoms with Crippen LogP contribution in [-0.2, 0) is 4.79 Å². The Morgan fingerprint density at radius 1 is 1.32 bits per heavy atom. The summed E-state index contributed by atoms with van der Waals surface area (Å²) in [5.74, 6) is -0.198. The lowest BCUT2D eigenvalue weighted by atomic mass is 10.2. The van der Waals surface area contributed by atoms with Crippen molar-refractivity contribution in [3.05, 3.63) is 34.4 Å². The standard InChI is InChI=1S/C12H18N4O3/c1-2-13-7-8-14-12(17)9-15-10-5-3-4-6-11(10)16(18)19/h3-6,13,15H,2,7-9H2,1H3,(H,14,17). The Morgan fingerprint density at radius 3 is 2.74 bits per heavy atom. The summed E-state index contributed by atoms with van der Waals surface area (Å²) in [6.45, 7) is 4.08. The summed E-state index contributed by atoms with van der Waals surface area (Å²) in [6, 6.07) is 6.23. The molecule has 1 aromatic carbocycles. The van der Waals surface area contributed by atoms with E-state index in [1.165, 1.54) is 6.07 Å². The van der Waals surface area contributed by atoms with Gasteiger partial charge in [-0.3, -0.25) is 14.9 Å². The smallest absolute Gasteiger partial charge is 0.292 e. The molecule has 0 fully saturated rings. The van der Waals surface area contributed by atoms with E-state index < -0.39 is 4.92 Å². The number of nitro groups is 1. The number of para-hydroxylation sites is 2. The molecular formula is C12H18N4O3. The number of nitrogens with zero attached hydrogens (tertiary/aromatic N) is 1. The molecule has 0 aromatic heterocycles. The van der Waals surface area contributed by atoms with Gasteiger partial charge in [0.1, 0.15) is 5.69 Å². The van der Waals surface area contributed by atoms with Crippen molar-refractivity contribution in [3.8, 4) is 0 Å². The third kappa shape index (κ3) is 5.35. The van der Waals surface area contributed by atoms with Gasteiger partial charge in [0.2, 0.25) is 5.91 Å². The molecule has 7 nitrogen and oxygen atoms in total. The quantitative estimate of drug-likeness (QED) is 0.366. The van der Waals surface area contributed by atoms with Crippen LogP contribution in [0.2, 0.25) is 0 Å². The number of likely N-dealkylation sites (N-methyl/N-ethyl adjacent to an activating group) is 1. The first-order valence-electron chi connectivity index (χ1n) is 6.10. The number of amides is 1. The minimum absolute atomic E-state index is 0.0109. The van der Waals surface area contributed by atoms with Crippen molar-refractivity contribution in [1.29, 1.82) is 0 Å². The second-order valence-corrected chi connectivity index (χ2v) is 3.83. The molecule has 104 valence electrons. The number of carbonyl (C=O) groups excluding carboxylic acids is 1. The molecule has 0 aliphatic heterocycles. The van der Waals surface area contributed by atoms with Gasteiger partial charge in [0, 0.05) is 19.2 Å². The maximum atomic E-state index is 11.5. The van der Waals surface area contributed by atoms with E-state index in [0.29, 0.717) is 18.8 Å². The summed E-state index contributed by atoms with van der Waals surface area (Å²) < 4.78 is 0. The second-order valence-electron chi connectivity index (χ2n) is 3.83. The lowest BCUT2D eigenvalue weighted by Gasteiger charge is -2.08. The van der Waals surface area contributed by atoms with Gasteiger partial charge >= 0.3 is 0 Å². The van der Waals surface area contributed by atoms with Crippen LogP contribution < -0.4 is 16.0 Å². The van der Waals surface area contributed by atoms with E-state index in [0.717, 1.165) is 6.54 Å². The van der Waals surface area contributed by atoms with Gasteiger partial charge in [-0.1, -0.05) is 19.1 Å². The Morgan fingerprint density at radius 2 is 2.05 bits per heavy atom. The van der Waals surface area contributed by atoms with Crippen molar-refractivity contribution >= 4 is 17.3 Å². The summed E-state index contributed by atoms with van der Waals surface area (Å²) in [5.41, 5.74) is 0.303. The summed E-state index contributed by atoms with van der Waals surface area (Å²) in [6.07, 6.45) is 0. The second kappa shape index (κ2) is 8.04. The van der Waals surface area contributed by atoms with Crippen molar-refractivity contribution in [2.24, 2.45) is 0 Å². The van der Waals surface area contributed by atoms with Crippen molar-refractivity contribution < 1.29 is 9.72 Å². The molecule has 0 bridgehead atoms. The zero-order valence-corrected chi connectivity index (χ0v) is 10.8. The summed E-state index contributed by atoms with van der Waals surface area (Å²) in [5, 5.41) is 19.3. The maximum Gasteiger partial charge on any atom is 0.292 e. The minimum atomic E-state index is -0.481. The van der Waals surface area contributed by atoms with Crippen LogP contribution in [0.1, 0.15) is 6.92 Å². The topological polar surface area (TPSA) is 96.3 Å². The first-order valence-corrected chi connectivity index (χ1v) is 6.10. The third-order valence-electron chi connectivity index (χ3n) is 2.41. The van der Waals surface area contributed by atoms with E-state index >= 15 is 0 Å². The van der Waals surface area contributed by atoms with E-state index in [1.807, 2.05) is 6.92 Å². The van der Waals surface area contributed by atoms with E-state index in [4.69, 9.17) is 0 Å². The number of carbonyl (C=O) groups is 1. The highest BCUT2D eigenvalue weighted by Gasteiger charge is 2.12. The fourth-order valence-corrected chi connectivity index (χ4v) is 1.49. The first kappa shape index (κ1) is 14.9. The van der Waals surface area contributed by atoms with Crippen LogP contribution in [0.5, 0.6) is 0 Å². The zero-order valence-electron chi connectivity index (χ0n) is 10.8. The fourth-order valence-electron chi connectivity index (χ4n) is 1.49. The predicted octanol–water partition coefficient (Wildman–Crippen LogP) is 0.732. The molecule has 7 heteroatoms. The molecule has 0 saturated heterocycles. The number of rotatable bonds is 8. The van der Waals surface area contributed by atoms with Crippen molar-refractivity contribution in [3.63, 3.8) is 0 Å². The van der Waals surface area contributed by atoms with Crippen LogP contribution in [0.3, 0.4) is 0 Å². The Labute approximate surface area is 111 Å². The van der Waals surface area contributed by atoms with Gasteiger partial charge < -0.3 is 16.0 Å². The Balaban J connectivity index is 2.40. The predicted molar refractivity (Wildman–Crippen MR) is 73.1 cm³/mol. The van der Waals surface area contributed by atoms with Gasteiger partial charge in [-0.25, -0.2) is 0 Å². The monoisotopic (exact) mass is 266 g/mol. The normalized spacial score (nSPS) is 9.95. The highest BCUT2D eigenvalue weighted by atomic mass is 16.6. The Kier molecular flexibility index (Phi) is 6.31. The number of benzene rings is 1. The summed E-state index contributed by atoms with van der Waals surface area (Å²) >= 11 is 0. The lowest BCUT2D eigenvalue weighted by molar-refractivity contribution is -0.383. The Bertz CT molecular complexity index is 437. The molecule has 1 rings (SSSR count). The number of anilines is 1. The number of hydrogen-bond donors (Lipinski definition) is 3. The first-order chi connectivity index (χ1) is 9.15. The van der Waals surface area contributed by atoms with Crippen LogP contribution in [0.4, 0.5) is 11.4 Å². The lowest BCUT2D eigenvalue weighted by Crippen LogP contribution is -2.35. The molecule has 0 aliphatic rings. The fraction of sp³-hybridized carbons (Fsp3) is 0.417. The Hall–Kier alpha value is -2.15. The molecule has 0 radical (unpaired) electrons. The summed E-state index contributed by atoms with van der Waals surface area (Å²) in [4.78, 5) is 21.8. The van der Waals surface area contributed by atoms with Gasteiger partial charge in [0.25, 0.3) is 5.69 Å². The third-order valence-corrected chi connectivity index (χ3v) is 2.41. The molecule has 0 unspecified atom stereocenters. The average Bonchev–Trinajstić information content (AvgIpc) is 2.41. The van der Waals surface area contributed by atoms with E-state index in [9.17, 15) is 14.9 Å². The highest BCUT2D eigenvalue weighted by Crippen LogP contribution is 2.22. The zero-order chi connectivity index (χ0) is 14.1. The summed E-state index contributed by atoms with van der Waals surface area (Å²) in [7, 11) is 0. The van der Waals surface area contributed by atoms with Crippen molar-refractivity contribution in [2.75, 3.05) is 31.5 Å². The van der Waals surface area contributed by atoms with Gasteiger partial charge in [-0.2, -0.15) is 0 Å². The van der Waals surface area contributed by atoms with Gasteiger partial charge in [-0.15, -0.1) is 0 Å². The molecule has 0 aliphatic carbocycles. The molecule has 0 spiro atoms. The minimum Gasteiger partial charge on any atom is -0.371 e. The van der Waals surface area contributed by atoms with Crippen LogP contribution in [0, 0.1) is 10.1 Å². The van der Waals surface area contributed by atoms with E-state index in [2.05, 4.69) is 16.0 Å². The van der Waals surface area contributed by atoms with Crippen LogP contribution >= 0.6 is 0 Å². The number of hydrogen-bond acceptors (Lipinski definition) is 5. The van der Waals surface area contributed by atoms with Gasteiger partial charge in [0.05, 0.1) is 11.5 Å². The van der Waals surface area contributed by atoms with Crippen LogP contribution in [-0.4, -0.2) is 37.0 Å². The molecule has 3 N–H and O–H groups in total. The number of nitrogens with one attached hydrogen (secondary N) is 3. The molecular weight excluding hydrogens is 248 g/mol. The average molecular weight is 266 g/mol. The van der Waals surface area contributed by atoms with Gasteiger partial charge in [0.15, 0.2) is 0 Å². The molecule has 19 heavy (non-hydrogen) atoms. The molecule has 1 aromatic rings. The van der Waals surface area contributed by atoms with Crippen molar-refractivity contribution in [2.45, 2.75) is 6.92 Å². The van der Waals surface area contributed by atoms with Gasteiger partial charge in [-0.05, 0) is 12.6 Å². The van der Waals surface area contributed by atoms with Crippen LogP contribution in [0.15, 0.2) is 24.3 Å². The molecule has 0 heterocycles. The number of nitro benzene ring substituents is 1. The van der Waals surface area contributed by atoms with Crippen molar-refractivity contribution in [1.82, 2.24) is 10.6 Å². The van der Waals surface area contributed by atoms with E-state index in [-0.39, 0.29) is 18.1 Å². The maximum absolute atomic E-state index is 11.5. The highest BCUT2D eigenvalue weighted by molar-refractivity contribution is 5.81. The van der Waals surface area contributed by atoms with Crippen LogP contribution in [0.25, 0.3) is 0 Å². The molecule has 1 amide bonds.